The van der Waals surface area contributed by atoms with Gasteiger partial charge in [-0.15, -0.1) is 0 Å². The predicted octanol–water partition coefficient (Wildman–Crippen LogP) is -26.4. The van der Waals surface area contributed by atoms with Crippen molar-refractivity contribution in [2.45, 2.75) is 0 Å². The zero-order valence-electron chi connectivity index (χ0n) is 23.5. The minimum absolute atomic E-state index is 0. The Labute approximate surface area is 535 Å². The molecule has 0 amide bonds. The van der Waals surface area contributed by atoms with Crippen molar-refractivity contribution in [3.8, 4) is 0 Å². The summed E-state index contributed by atoms with van der Waals surface area (Å²) in [5, 5.41) is 0. The van der Waals surface area contributed by atoms with E-state index in [-0.39, 0.29) is 546 Å². The Kier molecular flexibility index (Phi) is 69100. The average Bonchev–Trinajstić information content (AvgIpc) is 0. The molecule has 0 bridgehead atoms. The Morgan fingerprint density at radius 1 is 0.0612 bits per heavy atom. The molecule has 0 aromatic heterocycles. The molecule has 0 spiro atoms. The van der Waals surface area contributed by atoms with Gasteiger partial charge in [0.25, 0.3) is 0 Å². The van der Waals surface area contributed by atoms with Crippen LogP contribution in [0, 0.1) is 0 Å². The summed E-state index contributed by atoms with van der Waals surface area (Å²) in [7, 11) is 0. The Hall–Kier alpha value is 10.3. The van der Waals surface area contributed by atoms with Gasteiger partial charge in [0.15, 0.2) is 0 Å². The fraction of sp³-hybridized carbons (Fsp3) is 0. The normalized spacial score (nSPS) is 0. The minimum atomic E-state index is 0. The molecule has 362 valence electrons. The van der Waals surface area contributed by atoms with E-state index in [1.165, 1.54) is 0 Å². The average molecular weight is 1520 g/mol. The molecule has 0 aromatic rings. The topological polar surface area (TPSA) is 976 Å². The molecule has 0 aliphatic rings. The molecule has 18 radical (unpaired) electrons. The van der Waals surface area contributed by atoms with E-state index in [2.05, 4.69) is 0 Å². The van der Waals surface area contributed by atoms with Gasteiger partial charge in [0.05, 0.1) is 0 Å². The molecule has 0 saturated heterocycles. The van der Waals surface area contributed by atoms with E-state index >= 15 is 0 Å². The van der Waals surface area contributed by atoms with Crippen molar-refractivity contribution in [2.75, 3.05) is 0 Å². The van der Waals surface area contributed by atoms with E-state index in [1.54, 1.807) is 0 Å². The van der Waals surface area contributed by atoms with Gasteiger partial charge in [0.1, 0.15) is 0 Å². The first-order valence-electron chi connectivity index (χ1n) is 0. The van der Waals surface area contributed by atoms with Gasteiger partial charge in [0, 0.05) is 376 Å². The van der Waals surface area contributed by atoms with Crippen LogP contribution in [-0.4, -0.2) is 273 Å². The monoisotopic (exact) mass is 1520 g/mol. The fourth-order valence-electron chi connectivity index (χ4n) is 0. The third kappa shape index (κ3) is 1730. The van der Waals surface area contributed by atoms with Crippen molar-refractivity contribution in [2.24, 2.45) is 0 Å². The van der Waals surface area contributed by atoms with E-state index in [0.717, 1.165) is 0 Å². The summed E-state index contributed by atoms with van der Waals surface area (Å²) in [5.74, 6) is 0. The van der Waals surface area contributed by atoms with Gasteiger partial charge in [0.2, 0.25) is 0 Å². The summed E-state index contributed by atoms with van der Waals surface area (Å²) in [6.07, 6.45) is 0. The van der Waals surface area contributed by atoms with Crippen LogP contribution in [0.3, 0.4) is 0 Å². The van der Waals surface area contributed by atoms with Crippen LogP contribution in [0.15, 0.2) is 0 Å². The summed E-state index contributed by atoms with van der Waals surface area (Å²) in [6, 6.07) is 0. The van der Waals surface area contributed by atoms with Crippen LogP contribution in [0.4, 0.5) is 0 Å². The van der Waals surface area contributed by atoms with Crippen LogP contribution >= 0.6 is 0 Å². The Morgan fingerprint density at radius 2 is 0.0612 bits per heavy atom. The standard InChI is InChI=1S/2K.16Mn.31H2O/h;;;;;;;;;;;;;;;;;;31*1H2. The van der Waals surface area contributed by atoms with Crippen molar-refractivity contribution in [3.63, 3.8) is 0 Å². The molecule has 0 unspecified atom stereocenters. The maximum absolute atomic E-state index is 0. The maximum atomic E-state index is 0. The molecule has 0 fully saturated rings. The molecule has 0 aliphatic heterocycles. The van der Waals surface area contributed by atoms with Gasteiger partial charge in [-0.2, -0.15) is 0 Å². The zero-order valence-corrected chi connectivity index (χ0v) is 48.7. The molecule has 0 rings (SSSR count). The van der Waals surface area contributed by atoms with E-state index < -0.39 is 0 Å². The number of rotatable bonds is 0. The van der Waals surface area contributed by atoms with Crippen molar-refractivity contribution in [1.82, 2.24) is 0 Å². The second-order valence-electron chi connectivity index (χ2n) is 0. The van der Waals surface area contributed by atoms with E-state index in [4.69, 9.17) is 0 Å². The predicted molar refractivity (Wildman–Crippen MR) is 124 cm³/mol. The molecule has 62 N–H and O–H groups in total. The Bertz CT molecular complexity index is 55.5. The third-order valence-electron chi connectivity index (χ3n) is 0. The van der Waals surface area contributed by atoms with Crippen LogP contribution < -0.4 is 0 Å². The van der Waals surface area contributed by atoms with Gasteiger partial charge in [-0.05, 0) is 0 Å². The Morgan fingerprint density at radius 3 is 0.0612 bits per heavy atom. The van der Waals surface area contributed by atoms with Crippen LogP contribution in [0.25, 0.3) is 0 Å². The van der Waals surface area contributed by atoms with Crippen molar-refractivity contribution in [3.05, 3.63) is 0 Å². The molecule has 0 atom stereocenters. The second kappa shape index (κ2) is 1790. The Balaban J connectivity index is 0. The van der Waals surface area contributed by atoms with E-state index in [1.807, 2.05) is 0 Å². The van der Waals surface area contributed by atoms with E-state index in [9.17, 15) is 0 Å². The summed E-state index contributed by atoms with van der Waals surface area (Å²) in [4.78, 5) is 0. The SMILES string of the molecule is O.O.O.O.O.O.O.O.O.O.O.O.O.O.O.O.O.O.O.O.O.O.O.O.O.O.O.O.O.O.O.[K].[K].[Mn].[Mn].[Mn].[Mn].[Mn].[Mn].[Mn].[Mn].[Mn].[Mn].[Mn].[Mn].[Mn].[Mn].[Mn].[Mn]. The van der Waals surface area contributed by atoms with Crippen LogP contribution in [-0.2, 0) is 273 Å². The van der Waals surface area contributed by atoms with Crippen molar-refractivity contribution < 1.29 is 443 Å². The first-order chi connectivity index (χ1) is 0. The fourth-order valence-corrected chi connectivity index (χ4v) is 0. The quantitative estimate of drug-likeness (QED) is 0.204. The number of hydrogen-bond acceptors (Lipinski definition) is 0. The summed E-state index contributed by atoms with van der Waals surface area (Å²) in [6.45, 7) is 0. The molecular formula is H62K2Mn16O31. The molecule has 31 nitrogen and oxygen atoms in total. The van der Waals surface area contributed by atoms with E-state index in [0.29, 0.717) is 0 Å². The smallest absolute Gasteiger partial charge is 0 e. The van der Waals surface area contributed by atoms with Gasteiger partial charge in [-0.3, -0.25) is 0 Å². The van der Waals surface area contributed by atoms with Crippen LogP contribution in [0.1, 0.15) is 0 Å². The largest absolute Gasteiger partial charge is 0.412 e. The summed E-state index contributed by atoms with van der Waals surface area (Å²) in [5.41, 5.74) is 0. The summed E-state index contributed by atoms with van der Waals surface area (Å²) >= 11 is 0. The van der Waals surface area contributed by atoms with Crippen molar-refractivity contribution >= 4 is 103 Å². The first-order valence-corrected chi connectivity index (χ1v) is 0. The molecule has 0 aromatic carbocycles. The second-order valence-corrected chi connectivity index (χ2v) is 0. The van der Waals surface area contributed by atoms with Gasteiger partial charge in [-0.25, -0.2) is 0 Å². The molecule has 0 saturated carbocycles. The molecule has 49 heteroatoms. The number of hydrogen-bond donors (Lipinski definition) is 0. The molecule has 0 heterocycles. The molecule has 49 heavy (non-hydrogen) atoms. The van der Waals surface area contributed by atoms with Gasteiger partial charge in [-0.1, -0.05) is 0 Å². The third-order valence-corrected chi connectivity index (χ3v) is 0. The summed E-state index contributed by atoms with van der Waals surface area (Å²) < 4.78 is 0. The first kappa shape index (κ1) is 1890. The molecular weight excluding hydrogens is 1450 g/mol. The van der Waals surface area contributed by atoms with Crippen molar-refractivity contribution in [1.29, 1.82) is 0 Å². The van der Waals surface area contributed by atoms with Gasteiger partial charge < -0.3 is 170 Å². The van der Waals surface area contributed by atoms with Gasteiger partial charge >= 0.3 is 0 Å². The molecule has 0 aliphatic carbocycles. The van der Waals surface area contributed by atoms with Crippen LogP contribution in [0.5, 0.6) is 0 Å². The minimum Gasteiger partial charge on any atom is -0.412 e. The van der Waals surface area contributed by atoms with Crippen LogP contribution in [0.2, 0.25) is 0 Å². The zero-order chi connectivity index (χ0) is 0. The maximum Gasteiger partial charge on any atom is 0 e.